The van der Waals surface area contributed by atoms with Crippen molar-refractivity contribution >= 4 is 18.0 Å². The first-order valence-corrected chi connectivity index (χ1v) is 17.2. The fourth-order valence-electron chi connectivity index (χ4n) is 6.91. The third-order valence-electron chi connectivity index (χ3n) is 10.0. The Morgan fingerprint density at radius 3 is 2.25 bits per heavy atom. The van der Waals surface area contributed by atoms with Gasteiger partial charge in [-0.1, -0.05) is 51.7 Å². The zero-order chi connectivity index (χ0) is 35.4. The number of nitrogens with zero attached hydrogens (tertiary/aromatic N) is 1. The van der Waals surface area contributed by atoms with Gasteiger partial charge in [0.15, 0.2) is 0 Å². The summed E-state index contributed by atoms with van der Waals surface area (Å²) < 4.78 is 10.6. The average Bonchev–Trinajstić information content (AvgIpc) is 3.53. The highest BCUT2D eigenvalue weighted by Crippen LogP contribution is 2.35. The zero-order valence-corrected chi connectivity index (χ0v) is 29.9. The van der Waals surface area contributed by atoms with E-state index >= 15 is 0 Å². The lowest BCUT2D eigenvalue weighted by Gasteiger charge is -2.42. The van der Waals surface area contributed by atoms with Crippen LogP contribution in [0.2, 0.25) is 0 Å². The van der Waals surface area contributed by atoms with E-state index in [0.717, 1.165) is 34.6 Å². The predicted octanol–water partition coefficient (Wildman–Crippen LogP) is 6.35. The average molecular weight is 666 g/mol. The van der Waals surface area contributed by atoms with Crippen molar-refractivity contribution in [2.24, 2.45) is 11.8 Å². The van der Waals surface area contributed by atoms with Crippen molar-refractivity contribution in [3.8, 4) is 11.5 Å². The molecule has 3 aliphatic rings. The molecule has 4 N–H and O–H groups in total. The summed E-state index contributed by atoms with van der Waals surface area (Å²) in [6.45, 7) is 14.0. The number of phenolic OH excluding ortho intramolecular Hbond substituents is 1. The first-order valence-electron chi connectivity index (χ1n) is 17.2. The van der Waals surface area contributed by atoms with Gasteiger partial charge in [-0.25, -0.2) is 9.59 Å². The number of rotatable bonds is 7. The van der Waals surface area contributed by atoms with Crippen molar-refractivity contribution in [1.82, 2.24) is 15.5 Å². The molecule has 0 bridgehead atoms. The Balaban J connectivity index is 0.000000218. The van der Waals surface area contributed by atoms with Crippen LogP contribution in [0.4, 0.5) is 4.79 Å². The molecule has 3 atom stereocenters. The van der Waals surface area contributed by atoms with E-state index in [1.165, 1.54) is 30.6 Å². The van der Waals surface area contributed by atoms with Crippen molar-refractivity contribution in [2.75, 3.05) is 7.11 Å². The second kappa shape index (κ2) is 14.8. The first kappa shape index (κ1) is 37.0. The van der Waals surface area contributed by atoms with Crippen LogP contribution in [0.15, 0.2) is 36.4 Å². The van der Waals surface area contributed by atoms with E-state index in [0.29, 0.717) is 24.6 Å². The molecule has 2 aliphatic heterocycles. The maximum atomic E-state index is 13.1. The number of aliphatic carboxylic acids is 1. The molecule has 2 amide bonds. The van der Waals surface area contributed by atoms with Gasteiger partial charge in [0.05, 0.1) is 19.2 Å². The number of methoxy groups -OCH3 is 1. The number of carbonyl (C=O) groups excluding carboxylic acids is 2. The lowest BCUT2D eigenvalue weighted by atomic mass is 9.84. The number of nitrogens with one attached hydrogen (secondary N) is 2. The van der Waals surface area contributed by atoms with Gasteiger partial charge >= 0.3 is 12.1 Å². The quantitative estimate of drug-likeness (QED) is 0.269. The number of fused-ring (bicyclic) bond motifs is 2. The molecule has 1 fully saturated rings. The minimum Gasteiger partial charge on any atom is -0.508 e. The number of amides is 2. The topological polar surface area (TPSA) is 137 Å². The maximum absolute atomic E-state index is 13.1. The summed E-state index contributed by atoms with van der Waals surface area (Å²) >= 11 is 0. The number of hydrogen-bond donors (Lipinski definition) is 4. The van der Waals surface area contributed by atoms with Crippen LogP contribution < -0.4 is 15.4 Å². The van der Waals surface area contributed by atoms with Crippen LogP contribution in [0, 0.1) is 11.8 Å². The molecular formula is C38H55N3O7. The Morgan fingerprint density at radius 1 is 1.00 bits per heavy atom. The Morgan fingerprint density at radius 2 is 1.65 bits per heavy atom. The molecule has 0 radical (unpaired) electrons. The number of carboxylic acid groups (broad SMARTS) is 1. The van der Waals surface area contributed by atoms with Crippen LogP contribution in [0.3, 0.4) is 0 Å². The molecule has 2 aromatic rings. The molecule has 5 rings (SSSR count). The highest BCUT2D eigenvalue weighted by atomic mass is 16.6. The smallest absolute Gasteiger partial charge is 0.411 e. The minimum absolute atomic E-state index is 0.0999. The van der Waals surface area contributed by atoms with Crippen molar-refractivity contribution < 1.29 is 34.1 Å². The molecule has 2 aromatic carbocycles. The number of ether oxygens (including phenoxy) is 2. The molecule has 0 saturated heterocycles. The van der Waals surface area contributed by atoms with E-state index in [9.17, 15) is 24.6 Å². The molecule has 0 aromatic heterocycles. The standard InChI is InChI=1S/C21H32N2O2.C17H23NO5/c1-14(2)19(10-15-6-4-5-7-15)23-20(25)21(3)12-16-8-9-18(24)11-17(16)13-22-21;1-16(2,3)23-15(21)18-10-12-8-13(22-5)7-6-11(12)9-17(18,4)14(19)20/h8-9,11,14-15,19,22,24H,4-7,10,12-13H2,1-3H3,(H,23,25);6-8H,9-10H2,1-5H3,(H,19,20)/t19-,21-;17-/m11/s1. The molecule has 10 nitrogen and oxygen atoms in total. The van der Waals surface area contributed by atoms with Crippen molar-refractivity contribution in [3.63, 3.8) is 0 Å². The van der Waals surface area contributed by atoms with Gasteiger partial charge in [0.1, 0.15) is 22.6 Å². The predicted molar refractivity (Wildman–Crippen MR) is 185 cm³/mol. The molecule has 0 unspecified atom stereocenters. The van der Waals surface area contributed by atoms with Gasteiger partial charge < -0.3 is 25.0 Å². The molecule has 1 aliphatic carbocycles. The van der Waals surface area contributed by atoms with Gasteiger partial charge in [-0.15, -0.1) is 0 Å². The van der Waals surface area contributed by atoms with Crippen LogP contribution in [-0.2, 0) is 40.3 Å². The Labute approximate surface area is 285 Å². The zero-order valence-electron chi connectivity index (χ0n) is 29.9. The van der Waals surface area contributed by atoms with E-state index in [2.05, 4.69) is 24.5 Å². The fourth-order valence-corrected chi connectivity index (χ4v) is 6.91. The summed E-state index contributed by atoms with van der Waals surface area (Å²) in [4.78, 5) is 38.7. The van der Waals surface area contributed by atoms with Gasteiger partial charge in [-0.3, -0.25) is 15.0 Å². The summed E-state index contributed by atoms with van der Waals surface area (Å²) in [5, 5.41) is 26.0. The third-order valence-corrected chi connectivity index (χ3v) is 10.0. The highest BCUT2D eigenvalue weighted by molar-refractivity contribution is 5.87. The number of hydrogen-bond acceptors (Lipinski definition) is 7. The van der Waals surface area contributed by atoms with Gasteiger partial charge in [0.25, 0.3) is 0 Å². The van der Waals surface area contributed by atoms with Crippen LogP contribution in [0.25, 0.3) is 0 Å². The van der Waals surface area contributed by atoms with Crippen molar-refractivity contribution in [2.45, 2.75) is 129 Å². The summed E-state index contributed by atoms with van der Waals surface area (Å²) in [5.74, 6) is 1.22. The summed E-state index contributed by atoms with van der Waals surface area (Å²) in [5.41, 5.74) is 1.37. The van der Waals surface area contributed by atoms with E-state index in [-0.39, 0.29) is 30.7 Å². The molecule has 48 heavy (non-hydrogen) atoms. The number of carbonyl (C=O) groups is 3. The molecule has 10 heteroatoms. The van der Waals surface area contributed by atoms with Crippen LogP contribution in [0.5, 0.6) is 11.5 Å². The lowest BCUT2D eigenvalue weighted by Crippen LogP contribution is -2.60. The van der Waals surface area contributed by atoms with Crippen molar-refractivity contribution in [1.29, 1.82) is 0 Å². The van der Waals surface area contributed by atoms with E-state index < -0.39 is 28.7 Å². The van der Waals surface area contributed by atoms with Crippen LogP contribution in [-0.4, -0.2) is 62.9 Å². The number of phenols is 1. The SMILES string of the molecule is CC(C)[C@@H](CC1CCCC1)NC(=O)[C@@]1(C)Cc2ccc(O)cc2CN1.COc1ccc2c(c1)CN(C(=O)OC(C)(C)C)[C@@](C)(C(=O)O)C2. The van der Waals surface area contributed by atoms with E-state index in [1.54, 1.807) is 53.0 Å². The number of carboxylic acids is 1. The molecular weight excluding hydrogens is 610 g/mol. The van der Waals surface area contributed by atoms with Gasteiger partial charge in [0, 0.05) is 19.0 Å². The summed E-state index contributed by atoms with van der Waals surface area (Å²) in [6.07, 6.45) is 6.65. The first-order chi connectivity index (χ1) is 22.4. The monoisotopic (exact) mass is 665 g/mol. The Kier molecular flexibility index (Phi) is 11.4. The van der Waals surface area contributed by atoms with Gasteiger partial charge in [0.2, 0.25) is 5.91 Å². The van der Waals surface area contributed by atoms with Gasteiger partial charge in [-0.05, 0) is 106 Å². The molecule has 2 heterocycles. The second-order valence-electron chi connectivity index (χ2n) is 15.5. The summed E-state index contributed by atoms with van der Waals surface area (Å²) in [6, 6.07) is 11.2. The molecule has 264 valence electrons. The normalized spacial score (nSPS) is 22.9. The third kappa shape index (κ3) is 8.81. The minimum atomic E-state index is -1.34. The number of benzene rings is 2. The highest BCUT2D eigenvalue weighted by Gasteiger charge is 2.47. The van der Waals surface area contributed by atoms with E-state index in [1.807, 2.05) is 25.1 Å². The second-order valence-corrected chi connectivity index (χ2v) is 15.5. The summed E-state index contributed by atoms with van der Waals surface area (Å²) in [7, 11) is 1.57. The number of aromatic hydroxyl groups is 1. The van der Waals surface area contributed by atoms with Crippen molar-refractivity contribution in [3.05, 3.63) is 58.7 Å². The largest absolute Gasteiger partial charge is 0.508 e. The van der Waals surface area contributed by atoms with Crippen LogP contribution in [0.1, 0.15) is 103 Å². The lowest BCUT2D eigenvalue weighted by molar-refractivity contribution is -0.151. The molecule has 0 spiro atoms. The van der Waals surface area contributed by atoms with E-state index in [4.69, 9.17) is 9.47 Å². The molecule has 1 saturated carbocycles. The maximum Gasteiger partial charge on any atom is 0.411 e. The van der Waals surface area contributed by atoms with Gasteiger partial charge in [-0.2, -0.15) is 0 Å². The fraction of sp³-hybridized carbons (Fsp3) is 0.605. The Bertz CT molecular complexity index is 1480. The Hall–Kier alpha value is -3.79. The van der Waals surface area contributed by atoms with Crippen LogP contribution >= 0.6 is 0 Å².